The molecule has 0 heterocycles. The average Bonchev–Trinajstić information content (AvgIpc) is 2.60. The Morgan fingerprint density at radius 1 is 1.21 bits per heavy atom. The minimum Gasteiger partial charge on any atom is -0.495 e. The predicted molar refractivity (Wildman–Crippen MR) is 96.1 cm³/mol. The standard InChI is InChI=1S/C18H17ClN2O3/c1-4-12-6-5-7-13(8-12)20-11-18(22)21-15-9-14(19)16(23-2)10-17(15)24-3/h1,5-10,20H,11H2,2-3H3,(H,21,22). The van der Waals surface area contributed by atoms with Gasteiger partial charge in [-0.3, -0.25) is 4.79 Å². The molecule has 2 N–H and O–H groups in total. The van der Waals surface area contributed by atoms with Gasteiger partial charge in [0, 0.05) is 17.3 Å². The first-order valence-corrected chi connectivity index (χ1v) is 7.47. The summed E-state index contributed by atoms with van der Waals surface area (Å²) in [5.41, 5.74) is 1.97. The summed E-state index contributed by atoms with van der Waals surface area (Å²) >= 11 is 6.08. The fourth-order valence-electron chi connectivity index (χ4n) is 2.05. The van der Waals surface area contributed by atoms with Gasteiger partial charge in [-0.15, -0.1) is 6.42 Å². The van der Waals surface area contributed by atoms with E-state index in [-0.39, 0.29) is 12.5 Å². The Morgan fingerprint density at radius 2 is 1.96 bits per heavy atom. The molecule has 0 atom stereocenters. The monoisotopic (exact) mass is 344 g/mol. The van der Waals surface area contributed by atoms with Crippen LogP contribution in [0.25, 0.3) is 0 Å². The summed E-state index contributed by atoms with van der Waals surface area (Å²) < 4.78 is 10.4. The summed E-state index contributed by atoms with van der Waals surface area (Å²) in [4.78, 5) is 12.1. The summed E-state index contributed by atoms with van der Waals surface area (Å²) in [6.45, 7) is 0.0703. The topological polar surface area (TPSA) is 59.6 Å². The SMILES string of the molecule is C#Cc1cccc(NCC(=O)Nc2cc(Cl)c(OC)cc2OC)c1. The number of anilines is 2. The molecule has 2 rings (SSSR count). The van der Waals surface area contributed by atoms with Crippen molar-refractivity contribution in [1.82, 2.24) is 0 Å². The van der Waals surface area contributed by atoms with E-state index in [9.17, 15) is 4.79 Å². The highest BCUT2D eigenvalue weighted by molar-refractivity contribution is 6.32. The molecule has 124 valence electrons. The minimum atomic E-state index is -0.249. The first kappa shape index (κ1) is 17.5. The molecule has 24 heavy (non-hydrogen) atoms. The third kappa shape index (κ3) is 4.34. The average molecular weight is 345 g/mol. The molecule has 0 aliphatic rings. The number of ether oxygens (including phenoxy) is 2. The lowest BCUT2D eigenvalue weighted by Crippen LogP contribution is -2.22. The van der Waals surface area contributed by atoms with E-state index < -0.39 is 0 Å². The van der Waals surface area contributed by atoms with E-state index in [1.807, 2.05) is 18.2 Å². The first-order valence-electron chi connectivity index (χ1n) is 7.09. The highest BCUT2D eigenvalue weighted by Gasteiger charge is 2.12. The maximum atomic E-state index is 12.1. The fourth-order valence-corrected chi connectivity index (χ4v) is 2.29. The lowest BCUT2D eigenvalue weighted by Gasteiger charge is -2.13. The highest BCUT2D eigenvalue weighted by Crippen LogP contribution is 2.35. The zero-order valence-electron chi connectivity index (χ0n) is 13.4. The second kappa shape index (κ2) is 8.14. The zero-order valence-corrected chi connectivity index (χ0v) is 14.1. The van der Waals surface area contributed by atoms with Crippen molar-refractivity contribution < 1.29 is 14.3 Å². The van der Waals surface area contributed by atoms with Crippen molar-refractivity contribution in [1.29, 1.82) is 0 Å². The molecule has 0 spiro atoms. The van der Waals surface area contributed by atoms with Crippen molar-refractivity contribution in [3.63, 3.8) is 0 Å². The maximum absolute atomic E-state index is 12.1. The Kier molecular flexibility index (Phi) is 5.94. The van der Waals surface area contributed by atoms with Crippen molar-refractivity contribution in [3.8, 4) is 23.8 Å². The van der Waals surface area contributed by atoms with Gasteiger partial charge in [0.2, 0.25) is 5.91 Å². The van der Waals surface area contributed by atoms with E-state index in [0.29, 0.717) is 22.2 Å². The number of rotatable bonds is 6. The Morgan fingerprint density at radius 3 is 2.62 bits per heavy atom. The van der Waals surface area contributed by atoms with Crippen molar-refractivity contribution in [2.45, 2.75) is 0 Å². The van der Waals surface area contributed by atoms with E-state index in [1.165, 1.54) is 14.2 Å². The third-order valence-corrected chi connectivity index (χ3v) is 3.53. The number of methoxy groups -OCH3 is 2. The summed E-state index contributed by atoms with van der Waals surface area (Å²) in [5, 5.41) is 6.13. The molecule has 0 bridgehead atoms. The Hall–Kier alpha value is -2.84. The maximum Gasteiger partial charge on any atom is 0.243 e. The van der Waals surface area contributed by atoms with Gasteiger partial charge in [-0.1, -0.05) is 23.6 Å². The molecular weight excluding hydrogens is 328 g/mol. The normalized spacial score (nSPS) is 9.75. The van der Waals surface area contributed by atoms with E-state index in [4.69, 9.17) is 27.5 Å². The molecule has 0 aliphatic carbocycles. The molecular formula is C18H17ClN2O3. The van der Waals surface area contributed by atoms with Crippen LogP contribution >= 0.6 is 11.6 Å². The molecule has 0 aromatic heterocycles. The smallest absolute Gasteiger partial charge is 0.243 e. The zero-order chi connectivity index (χ0) is 17.5. The molecule has 0 radical (unpaired) electrons. The number of terminal acetylenes is 1. The highest BCUT2D eigenvalue weighted by atomic mass is 35.5. The molecule has 1 amide bonds. The molecule has 5 nitrogen and oxygen atoms in total. The van der Waals surface area contributed by atoms with Gasteiger partial charge < -0.3 is 20.1 Å². The number of benzene rings is 2. The third-order valence-electron chi connectivity index (χ3n) is 3.23. The van der Waals surface area contributed by atoms with Gasteiger partial charge in [0.05, 0.1) is 31.5 Å². The van der Waals surface area contributed by atoms with Crippen molar-refractivity contribution in [2.75, 3.05) is 31.4 Å². The quantitative estimate of drug-likeness (QED) is 0.789. The van der Waals surface area contributed by atoms with Crippen LogP contribution in [0.3, 0.4) is 0 Å². The van der Waals surface area contributed by atoms with E-state index in [0.717, 1.165) is 11.3 Å². The van der Waals surface area contributed by atoms with Crippen LogP contribution in [0.1, 0.15) is 5.56 Å². The number of carbonyl (C=O) groups is 1. The Balaban J connectivity index is 2.04. The number of hydrogen-bond acceptors (Lipinski definition) is 4. The van der Waals surface area contributed by atoms with Crippen LogP contribution in [0.5, 0.6) is 11.5 Å². The number of carbonyl (C=O) groups excluding carboxylic acids is 1. The van der Waals surface area contributed by atoms with Crippen LogP contribution in [0.2, 0.25) is 5.02 Å². The lowest BCUT2D eigenvalue weighted by molar-refractivity contribution is -0.114. The van der Waals surface area contributed by atoms with Gasteiger partial charge in [0.25, 0.3) is 0 Å². The van der Waals surface area contributed by atoms with Crippen molar-refractivity contribution in [2.24, 2.45) is 0 Å². The number of hydrogen-bond donors (Lipinski definition) is 2. The molecule has 6 heteroatoms. The van der Waals surface area contributed by atoms with Crippen LogP contribution in [-0.4, -0.2) is 26.7 Å². The molecule has 0 unspecified atom stereocenters. The largest absolute Gasteiger partial charge is 0.495 e. The van der Waals surface area contributed by atoms with Crippen LogP contribution in [0.15, 0.2) is 36.4 Å². The minimum absolute atomic E-state index is 0.0703. The van der Waals surface area contributed by atoms with Gasteiger partial charge in [-0.05, 0) is 24.3 Å². The summed E-state index contributed by atoms with van der Waals surface area (Å²) in [5.74, 6) is 3.22. The molecule has 2 aromatic carbocycles. The van der Waals surface area contributed by atoms with Gasteiger partial charge in [0.15, 0.2) is 0 Å². The summed E-state index contributed by atoms with van der Waals surface area (Å²) in [7, 11) is 3.01. The number of amides is 1. The molecule has 0 saturated carbocycles. The number of halogens is 1. The predicted octanol–water partition coefficient (Wildman–Crippen LogP) is 3.39. The van der Waals surface area contributed by atoms with Gasteiger partial charge in [-0.2, -0.15) is 0 Å². The van der Waals surface area contributed by atoms with E-state index >= 15 is 0 Å². The first-order chi connectivity index (χ1) is 11.6. The van der Waals surface area contributed by atoms with Gasteiger partial charge in [0.1, 0.15) is 11.5 Å². The van der Waals surface area contributed by atoms with E-state index in [2.05, 4.69) is 16.6 Å². The summed E-state index contributed by atoms with van der Waals surface area (Å²) in [6.07, 6.45) is 5.35. The van der Waals surface area contributed by atoms with Gasteiger partial charge in [-0.25, -0.2) is 0 Å². The fraction of sp³-hybridized carbons (Fsp3) is 0.167. The van der Waals surface area contributed by atoms with Crippen LogP contribution < -0.4 is 20.1 Å². The van der Waals surface area contributed by atoms with Crippen molar-refractivity contribution in [3.05, 3.63) is 47.0 Å². The second-order valence-corrected chi connectivity index (χ2v) is 5.22. The second-order valence-electron chi connectivity index (χ2n) is 4.81. The summed E-state index contributed by atoms with van der Waals surface area (Å²) in [6, 6.07) is 10.5. The van der Waals surface area contributed by atoms with Crippen molar-refractivity contribution >= 4 is 28.9 Å². The van der Waals surface area contributed by atoms with Crippen LogP contribution in [0.4, 0.5) is 11.4 Å². The lowest BCUT2D eigenvalue weighted by atomic mass is 10.2. The number of nitrogens with one attached hydrogen (secondary N) is 2. The van der Waals surface area contributed by atoms with Crippen LogP contribution in [0, 0.1) is 12.3 Å². The molecule has 0 aliphatic heterocycles. The molecule has 0 fully saturated rings. The molecule has 2 aromatic rings. The van der Waals surface area contributed by atoms with Gasteiger partial charge >= 0.3 is 0 Å². The Bertz CT molecular complexity index is 784. The van der Waals surface area contributed by atoms with Crippen LogP contribution in [-0.2, 0) is 4.79 Å². The molecule has 0 saturated heterocycles. The Labute approximate surface area is 145 Å². The van der Waals surface area contributed by atoms with E-state index in [1.54, 1.807) is 18.2 Å².